The first-order valence-electron chi connectivity index (χ1n) is 29.9. The molecule has 0 saturated heterocycles. The van der Waals surface area contributed by atoms with Crippen LogP contribution in [0.3, 0.4) is 0 Å². The summed E-state index contributed by atoms with van der Waals surface area (Å²) in [6, 6.07) is 10.2. The van der Waals surface area contributed by atoms with Gasteiger partial charge in [-0.1, -0.05) is 71.4 Å². The number of alkyl halides is 4. The molecule has 0 atom stereocenters. The summed E-state index contributed by atoms with van der Waals surface area (Å²) in [6.07, 6.45) is 45.2. The van der Waals surface area contributed by atoms with E-state index in [0.717, 1.165) is 65.4 Å². The van der Waals surface area contributed by atoms with Crippen LogP contribution in [0.2, 0.25) is 5.82 Å². The number of thiol groups is 1. The van der Waals surface area contributed by atoms with E-state index in [1.54, 1.807) is 24.7 Å². The first-order chi connectivity index (χ1) is 42.4. The first-order valence-corrected chi connectivity index (χ1v) is 32.7. The Hall–Kier alpha value is -5.02. The summed E-state index contributed by atoms with van der Waals surface area (Å²) in [7, 11) is 1.83. The number of aryl methyl sites for hydroxylation is 5. The molecule has 8 aliphatic rings. The van der Waals surface area contributed by atoms with Crippen molar-refractivity contribution in [1.29, 1.82) is 0 Å². The molecule has 1 radical (unpaired) electrons. The van der Waals surface area contributed by atoms with Gasteiger partial charge in [0.25, 0.3) is 9.22 Å². The number of hydrogen-bond acceptors (Lipinski definition) is 16. The quantitative estimate of drug-likeness (QED) is 0.0436. The van der Waals surface area contributed by atoms with Gasteiger partial charge in [-0.15, -0.1) is 0 Å². The van der Waals surface area contributed by atoms with Crippen LogP contribution < -0.4 is 5.46 Å². The molecule has 4 saturated carbocycles. The molecule has 0 amide bonds. The summed E-state index contributed by atoms with van der Waals surface area (Å²) in [4.78, 5) is 52.8. The molecule has 16 rings (SSSR count). The van der Waals surface area contributed by atoms with Gasteiger partial charge < -0.3 is 48.9 Å². The van der Waals surface area contributed by atoms with Gasteiger partial charge >= 0.3 is 39.0 Å². The number of aromatic amines is 2. The Bertz CT molecular complexity index is 3300. The fraction of sp³-hybridized carbons (Fsp3) is 0.517. The zero-order valence-electron chi connectivity index (χ0n) is 49.3. The van der Waals surface area contributed by atoms with Crippen LogP contribution in [0.1, 0.15) is 173 Å². The SMILES string of the molecule is Brc1nc2c(n1C1CC1)CCCC2.CC(=O)O.ClC(Cl)(Cl)Cl.OB(O)C1CC1.OB(O)c1cncnc1.[B]=NS.c1ccc2[nH]cnc2c1.c1nc2c([nH]1)CCCC2.c1nc2c(n1C1CC1)CCCC2.c1ncc(-c2nc3c(n2C2CC2)CCCC3)cn1. The van der Waals surface area contributed by atoms with E-state index in [1.165, 1.54) is 193 Å². The van der Waals surface area contributed by atoms with Gasteiger partial charge in [0.1, 0.15) is 18.5 Å². The molecule has 7 aromatic heterocycles. The average molecular weight is 1370 g/mol. The normalized spacial score (nSPS) is 16.3. The summed E-state index contributed by atoms with van der Waals surface area (Å²) in [5, 5.41) is 40.9. The summed E-state index contributed by atoms with van der Waals surface area (Å²) in [6.45, 7) is 1.08. The number of aromatic nitrogens is 14. The van der Waals surface area contributed by atoms with Crippen molar-refractivity contribution in [2.24, 2.45) is 4.30 Å². The Labute approximate surface area is 549 Å². The van der Waals surface area contributed by atoms with Crippen molar-refractivity contribution in [2.45, 2.75) is 188 Å². The Balaban J connectivity index is 0.000000145. The standard InChI is InChI=1S/C14H16N4.C10H13BrN2.C10H14N2.C7H10N2.C7H6N2.C4H5BN2O2.C3H7BO2.C2H4O2.CCl4.BHNS/c1-2-4-13-12(3-1)17-14(18(13)11-5-6-11)10-7-15-9-16-8-10;11-10-12-8-3-1-2-4-9(8)13(10)7-5-6-7;1-2-4-10-9(3-1)11-7-12(10)8-5-6-8;2*1-2-4-7-6(3-1)8-5-9-7;8-5(9)4-1-6-3-7-2-4;5-4(6)3-1-2-3;1-2(3)4;2-1(3,4)5;1-2-3/h7-9,11H,1-6H2;7H,1-6H2;7-8H,1-6H2;5H,1-4H2,(H,8,9);1-5H,(H,8,9);1-3,8-9H;3,5-6H,1-2H2;1H3,(H,3,4);;3H. The second-order valence-electron chi connectivity index (χ2n) is 22.1. The summed E-state index contributed by atoms with van der Waals surface area (Å²) >= 11 is 26.1. The minimum atomic E-state index is -1.61. The maximum atomic E-state index is 9.00. The van der Waals surface area contributed by atoms with Crippen LogP contribution in [0.5, 0.6) is 0 Å². The molecule has 30 heteroatoms. The smallest absolute Gasteiger partial charge is 0.143 e. The number of carbonyl (C=O) groups is 1. The third-order valence-electron chi connectivity index (χ3n) is 15.1. The van der Waals surface area contributed by atoms with Crippen LogP contribution in [0, 0.1) is 0 Å². The number of halogens is 5. The second-order valence-corrected chi connectivity index (χ2v) is 26.5. The monoisotopic (exact) mass is 1360 g/mol. The summed E-state index contributed by atoms with van der Waals surface area (Å²) in [5.41, 5.74) is 14.7. The van der Waals surface area contributed by atoms with Crippen molar-refractivity contribution in [3.63, 3.8) is 0 Å². The molecule has 21 nitrogen and oxygen atoms in total. The third-order valence-corrected chi connectivity index (χ3v) is 15.6. The van der Waals surface area contributed by atoms with Gasteiger partial charge in [0.05, 0.1) is 58.4 Å². The van der Waals surface area contributed by atoms with Crippen molar-refractivity contribution < 1.29 is 30.0 Å². The topological polar surface area (TPSA) is 293 Å². The van der Waals surface area contributed by atoms with Gasteiger partial charge in [-0.25, -0.2) is 44.9 Å². The van der Waals surface area contributed by atoms with Crippen molar-refractivity contribution in [2.75, 3.05) is 0 Å². The Morgan fingerprint density at radius 1 is 0.648 bits per heavy atom. The molecule has 7 heterocycles. The minimum absolute atomic E-state index is 0.213. The molecule has 88 heavy (non-hydrogen) atoms. The molecule has 8 aromatic rings. The predicted molar refractivity (Wildman–Crippen MR) is 353 cm³/mol. The fourth-order valence-electron chi connectivity index (χ4n) is 10.4. The molecule has 7 N–H and O–H groups in total. The second kappa shape index (κ2) is 36.1. The number of carboxylic acids is 1. The van der Waals surface area contributed by atoms with Gasteiger partial charge in [0, 0.05) is 78.1 Å². The van der Waals surface area contributed by atoms with E-state index in [0.29, 0.717) is 11.5 Å². The van der Waals surface area contributed by atoms with Gasteiger partial charge in [0.2, 0.25) is 0 Å². The number of rotatable bonds is 6. The summed E-state index contributed by atoms with van der Waals surface area (Å²) < 4.78 is 9.47. The number of carboxylic acid groups (broad SMARTS) is 1. The molecule has 0 bridgehead atoms. The van der Waals surface area contributed by atoms with Crippen LogP contribution in [0.15, 0.2) is 89.7 Å². The number of fused-ring (bicyclic) bond motifs is 5. The predicted octanol–water partition coefficient (Wildman–Crippen LogP) is 11.0. The molecule has 1 aromatic carbocycles. The van der Waals surface area contributed by atoms with Gasteiger partial charge in [-0.3, -0.25) is 4.79 Å². The average Bonchev–Trinajstić information content (AvgIpc) is 1.99. The zero-order valence-corrected chi connectivity index (χ0v) is 54.8. The molecule has 0 spiro atoms. The maximum absolute atomic E-state index is 9.00. The van der Waals surface area contributed by atoms with Gasteiger partial charge in [0.15, 0.2) is 4.73 Å². The summed E-state index contributed by atoms with van der Waals surface area (Å²) in [5.74, 6) is 0.468. The number of imidazole rings is 5. The van der Waals surface area contributed by atoms with Crippen molar-refractivity contribution in [3.8, 4) is 11.4 Å². The molecular weight excluding hydrogens is 1290 g/mol. The van der Waals surface area contributed by atoms with E-state index in [2.05, 4.69) is 111 Å². The van der Waals surface area contributed by atoms with E-state index < -0.39 is 23.5 Å². The van der Waals surface area contributed by atoms with Crippen LogP contribution in [-0.2, 0) is 56.2 Å². The third kappa shape index (κ3) is 24.0. The Morgan fingerprint density at radius 3 is 1.64 bits per heavy atom. The number of H-pyrrole nitrogens is 2. The van der Waals surface area contributed by atoms with E-state index >= 15 is 0 Å². The molecule has 0 aliphatic heterocycles. The molecule has 0 unspecified atom stereocenters. The van der Waals surface area contributed by atoms with E-state index in [1.807, 2.05) is 36.7 Å². The number of hydrogen-bond donors (Lipinski definition) is 8. The largest absolute Gasteiger partial charge is 0.348 e. The van der Waals surface area contributed by atoms with E-state index in [-0.39, 0.29) is 5.82 Å². The number of nitrogens with one attached hydrogen (secondary N) is 2. The van der Waals surface area contributed by atoms with E-state index in [9.17, 15) is 0 Å². The van der Waals surface area contributed by atoms with Crippen LogP contribution in [0.25, 0.3) is 22.4 Å². The fourth-order valence-corrected chi connectivity index (χ4v) is 11.1. The Morgan fingerprint density at radius 2 is 1.12 bits per heavy atom. The van der Waals surface area contributed by atoms with Gasteiger partial charge in [-0.2, -0.15) is 0 Å². The maximum Gasteiger partial charge on any atom is 0.143 e. The zero-order chi connectivity index (χ0) is 63.0. The van der Waals surface area contributed by atoms with Crippen molar-refractivity contribution in [1.82, 2.24) is 68.5 Å². The number of nitrogens with zero attached hydrogens (tertiary/aromatic N) is 13. The van der Waals surface area contributed by atoms with Gasteiger partial charge in [-0.05, 0) is 175 Å². The molecule has 4 fully saturated rings. The van der Waals surface area contributed by atoms with Crippen molar-refractivity contribution >= 4 is 119 Å². The number of para-hydroxylation sites is 2. The molecule has 8 aliphatic carbocycles. The van der Waals surface area contributed by atoms with Crippen molar-refractivity contribution in [3.05, 3.63) is 131 Å². The first kappa shape index (κ1) is 70.4. The Kier molecular flexibility index (Phi) is 28.9. The van der Waals surface area contributed by atoms with Crippen LogP contribution in [-0.4, -0.2) is 125 Å². The van der Waals surface area contributed by atoms with Crippen LogP contribution >= 0.6 is 75.1 Å². The van der Waals surface area contributed by atoms with Crippen LogP contribution in [0.4, 0.5) is 0 Å². The number of benzene rings is 1. The molecule has 469 valence electrons. The minimum Gasteiger partial charge on any atom is -0.348 e. The molecular formula is C58H76B3BrCl4N15O6S. The van der Waals surface area contributed by atoms with E-state index in [4.69, 9.17) is 81.4 Å². The number of aliphatic carboxylic acids is 1.